The number of methoxy groups -OCH3 is 2. The summed E-state index contributed by atoms with van der Waals surface area (Å²) in [5, 5.41) is 6.99. The number of hydrogen-bond donors (Lipinski definition) is 4. The third kappa shape index (κ3) is 13.8. The van der Waals surface area contributed by atoms with Gasteiger partial charge in [0.25, 0.3) is 5.91 Å². The number of rotatable bonds is 19. The summed E-state index contributed by atoms with van der Waals surface area (Å²) in [6.07, 6.45) is 2.22. The number of alkyl carbamates (subject to hydrolysis) is 2. The largest absolute Gasteiger partial charge is 0.456 e. The van der Waals surface area contributed by atoms with Crippen molar-refractivity contribution in [1.82, 2.24) is 26.0 Å². The lowest BCUT2D eigenvalue weighted by molar-refractivity contribution is -0.133. The molecule has 1 aliphatic carbocycles. The van der Waals surface area contributed by atoms with E-state index in [1.54, 1.807) is 69.1 Å². The molecule has 15 heteroatoms. The van der Waals surface area contributed by atoms with Crippen molar-refractivity contribution in [3.8, 4) is 0 Å². The number of carbonyl (C=O) groups excluding carboxylic acids is 5. The van der Waals surface area contributed by atoms with E-state index in [2.05, 4.69) is 21.0 Å². The van der Waals surface area contributed by atoms with E-state index in [4.69, 9.17) is 24.7 Å². The average Bonchev–Trinajstić information content (AvgIpc) is 3.22. The highest BCUT2D eigenvalue weighted by Gasteiger charge is 2.43. The number of morpholine rings is 1. The maximum atomic E-state index is 15.0. The first-order chi connectivity index (χ1) is 27.8. The van der Waals surface area contributed by atoms with Gasteiger partial charge in [-0.25, -0.2) is 19.4 Å². The van der Waals surface area contributed by atoms with Crippen molar-refractivity contribution in [1.29, 1.82) is 0 Å². The second-order valence-corrected chi connectivity index (χ2v) is 16.0. The van der Waals surface area contributed by atoms with Crippen LogP contribution in [0.25, 0.3) is 0 Å². The van der Waals surface area contributed by atoms with Crippen LogP contribution in [0.15, 0.2) is 54.6 Å². The van der Waals surface area contributed by atoms with Crippen LogP contribution >= 0.6 is 0 Å². The fourth-order valence-corrected chi connectivity index (χ4v) is 7.64. The summed E-state index contributed by atoms with van der Waals surface area (Å²) in [5.41, 5.74) is 12.0. The van der Waals surface area contributed by atoms with Crippen LogP contribution in [0.3, 0.4) is 0 Å². The van der Waals surface area contributed by atoms with Crippen molar-refractivity contribution in [2.24, 2.45) is 29.4 Å². The molecule has 0 radical (unpaired) electrons. The Morgan fingerprint density at radius 2 is 1.41 bits per heavy atom. The number of hydrazine groups is 1. The van der Waals surface area contributed by atoms with Crippen molar-refractivity contribution in [2.45, 2.75) is 90.6 Å². The molecule has 1 aliphatic heterocycles. The molecular weight excluding hydrogens is 745 g/mol. The van der Waals surface area contributed by atoms with Gasteiger partial charge in [-0.15, -0.1) is 0 Å². The first kappa shape index (κ1) is 46.1. The SMILES string of the molecule is COC(=O)N[C@H](C(=O)NN(CC1CCCCC1)CC(OC(=O)c1ccc(CN2CCOCC2)cc1)C(C(=O)[C@@H](NC(=O)OC)C(C)C)C(N)c1ccccc1)C(C)C. The Kier molecular flexibility index (Phi) is 18.4. The predicted molar refractivity (Wildman–Crippen MR) is 218 cm³/mol. The number of benzene rings is 2. The maximum absolute atomic E-state index is 15.0. The van der Waals surface area contributed by atoms with Gasteiger partial charge in [-0.3, -0.25) is 19.9 Å². The number of amides is 3. The smallest absolute Gasteiger partial charge is 0.407 e. The Bertz CT molecular complexity index is 1610. The van der Waals surface area contributed by atoms with Crippen molar-refractivity contribution in [3.63, 3.8) is 0 Å². The zero-order valence-electron chi connectivity index (χ0n) is 34.9. The van der Waals surface area contributed by atoms with Crippen molar-refractivity contribution < 1.29 is 42.9 Å². The van der Waals surface area contributed by atoms with Gasteiger partial charge < -0.3 is 35.3 Å². The van der Waals surface area contributed by atoms with Crippen LogP contribution in [-0.4, -0.2) is 112 Å². The molecule has 2 aromatic carbocycles. The van der Waals surface area contributed by atoms with Crippen LogP contribution in [0.4, 0.5) is 9.59 Å². The Morgan fingerprint density at radius 3 is 1.98 bits per heavy atom. The van der Waals surface area contributed by atoms with Crippen LogP contribution in [0.5, 0.6) is 0 Å². The summed E-state index contributed by atoms with van der Waals surface area (Å²) >= 11 is 0. The molecule has 320 valence electrons. The first-order valence-corrected chi connectivity index (χ1v) is 20.5. The zero-order valence-corrected chi connectivity index (χ0v) is 34.9. The molecule has 0 bridgehead atoms. The number of ether oxygens (including phenoxy) is 4. The quantitative estimate of drug-likeness (QED) is 0.0878. The van der Waals surface area contributed by atoms with Gasteiger partial charge in [0.15, 0.2) is 5.78 Å². The molecule has 3 amide bonds. The number of Topliss-reactive ketones (excluding diaryl/α,β-unsaturated/α-hetero) is 1. The molecule has 1 saturated heterocycles. The van der Waals surface area contributed by atoms with E-state index in [0.29, 0.717) is 31.9 Å². The molecule has 5 atom stereocenters. The summed E-state index contributed by atoms with van der Waals surface area (Å²) in [7, 11) is 2.44. The lowest BCUT2D eigenvalue weighted by atomic mass is 9.80. The van der Waals surface area contributed by atoms with Crippen LogP contribution in [-0.2, 0) is 35.1 Å². The maximum Gasteiger partial charge on any atom is 0.407 e. The van der Waals surface area contributed by atoms with Crippen molar-refractivity contribution in [3.05, 3.63) is 71.3 Å². The van der Waals surface area contributed by atoms with Gasteiger partial charge in [0.2, 0.25) is 0 Å². The van der Waals surface area contributed by atoms with E-state index in [1.807, 2.05) is 18.2 Å². The van der Waals surface area contributed by atoms with Crippen LogP contribution in [0, 0.1) is 23.7 Å². The normalized spacial score (nSPS) is 17.8. The summed E-state index contributed by atoms with van der Waals surface area (Å²) in [5.74, 6) is -3.38. The van der Waals surface area contributed by atoms with Gasteiger partial charge in [-0.05, 0) is 53.9 Å². The minimum Gasteiger partial charge on any atom is -0.456 e. The number of nitrogens with one attached hydrogen (secondary N) is 3. The highest BCUT2D eigenvalue weighted by Crippen LogP contribution is 2.31. The van der Waals surface area contributed by atoms with Gasteiger partial charge >= 0.3 is 18.2 Å². The van der Waals surface area contributed by atoms with E-state index in [-0.39, 0.29) is 23.9 Å². The number of carbonyl (C=O) groups is 5. The standard InChI is InChI=1S/C43H64N6O9/c1-28(2)37(45-42(53)55-5)39(50)35(36(44)32-15-11-8-12-16-32)34(58-41(52)33-19-17-31(18-20-33)25-48-21-23-57-24-22-48)27-49(26-30-13-9-7-10-14-30)47-40(51)38(29(3)4)46-43(54)56-6/h8,11-12,15-20,28-30,34-38H,7,9-10,13-14,21-27,44H2,1-6H3,(H,45,53)(H,46,54)(H,47,51)/t34?,35?,36?,37-,38-/m0/s1. The number of esters is 1. The molecule has 15 nitrogen and oxygen atoms in total. The number of hydrogen-bond acceptors (Lipinski definition) is 12. The third-order valence-corrected chi connectivity index (χ3v) is 11.0. The van der Waals surface area contributed by atoms with Gasteiger partial charge in [-0.2, -0.15) is 0 Å². The second-order valence-electron chi connectivity index (χ2n) is 16.0. The summed E-state index contributed by atoms with van der Waals surface area (Å²) in [4.78, 5) is 70.4. The highest BCUT2D eigenvalue weighted by atomic mass is 16.6. The molecule has 3 unspecified atom stereocenters. The Morgan fingerprint density at radius 1 is 0.828 bits per heavy atom. The molecule has 4 rings (SSSR count). The van der Waals surface area contributed by atoms with Gasteiger partial charge in [0, 0.05) is 32.2 Å². The Balaban J connectivity index is 1.78. The molecule has 2 fully saturated rings. The van der Waals surface area contributed by atoms with E-state index < -0.39 is 65.9 Å². The molecule has 1 heterocycles. The molecule has 58 heavy (non-hydrogen) atoms. The monoisotopic (exact) mass is 808 g/mol. The van der Waals surface area contributed by atoms with Gasteiger partial charge in [0.05, 0.1) is 51.5 Å². The molecule has 1 saturated carbocycles. The molecule has 2 aliphatic rings. The minimum absolute atomic E-state index is 0.133. The highest BCUT2D eigenvalue weighted by molar-refractivity contribution is 5.92. The second kappa shape index (κ2) is 23.1. The van der Waals surface area contributed by atoms with Crippen molar-refractivity contribution >= 4 is 29.8 Å². The molecule has 2 aromatic rings. The molecule has 5 N–H and O–H groups in total. The van der Waals surface area contributed by atoms with E-state index in [0.717, 1.165) is 50.8 Å². The van der Waals surface area contributed by atoms with Crippen LogP contribution in [0.1, 0.15) is 87.3 Å². The number of ketones is 1. The van der Waals surface area contributed by atoms with E-state index >= 15 is 0 Å². The molecular formula is C43H64N6O9. The Hall–Kier alpha value is -4.57. The molecule has 0 spiro atoms. The number of nitrogens with two attached hydrogens (primary N) is 1. The fraction of sp³-hybridized carbons (Fsp3) is 0.605. The predicted octanol–water partition coefficient (Wildman–Crippen LogP) is 4.60. The summed E-state index contributed by atoms with van der Waals surface area (Å²) < 4.78 is 21.6. The van der Waals surface area contributed by atoms with Crippen LogP contribution in [0.2, 0.25) is 0 Å². The van der Waals surface area contributed by atoms with Crippen LogP contribution < -0.4 is 21.8 Å². The fourth-order valence-electron chi connectivity index (χ4n) is 7.64. The van der Waals surface area contributed by atoms with Crippen molar-refractivity contribution in [2.75, 3.05) is 53.6 Å². The van der Waals surface area contributed by atoms with E-state index in [1.165, 1.54) is 14.2 Å². The summed E-state index contributed by atoms with van der Waals surface area (Å²) in [6, 6.07) is 13.2. The third-order valence-electron chi connectivity index (χ3n) is 11.0. The van der Waals surface area contributed by atoms with Gasteiger partial charge in [0.1, 0.15) is 12.1 Å². The lowest BCUT2D eigenvalue weighted by Crippen LogP contribution is -2.59. The summed E-state index contributed by atoms with van der Waals surface area (Å²) in [6.45, 7) is 11.1. The first-order valence-electron chi connectivity index (χ1n) is 20.5. The average molecular weight is 809 g/mol. The molecule has 0 aromatic heterocycles. The van der Waals surface area contributed by atoms with Gasteiger partial charge in [-0.1, -0.05) is 89.4 Å². The Labute approximate surface area is 343 Å². The number of nitrogens with zero attached hydrogens (tertiary/aromatic N) is 2. The topological polar surface area (TPSA) is 191 Å². The minimum atomic E-state index is -1.24. The van der Waals surface area contributed by atoms with E-state index in [9.17, 15) is 24.0 Å². The zero-order chi connectivity index (χ0) is 42.2. The lowest BCUT2D eigenvalue weighted by Gasteiger charge is -2.38.